The highest BCUT2D eigenvalue weighted by Gasteiger charge is 2.10. The number of aryl methyl sites for hydroxylation is 2. The first-order chi connectivity index (χ1) is 12.5. The molecule has 0 atom stereocenters. The van der Waals surface area contributed by atoms with Crippen molar-refractivity contribution in [3.63, 3.8) is 0 Å². The third kappa shape index (κ3) is 4.20. The molecule has 0 bridgehead atoms. The third-order valence-corrected chi connectivity index (χ3v) is 4.65. The molecule has 0 radical (unpaired) electrons. The van der Waals surface area contributed by atoms with Crippen LogP contribution in [0, 0.1) is 24.0 Å². The van der Waals surface area contributed by atoms with Crippen LogP contribution < -0.4 is 4.74 Å². The zero-order valence-electron chi connectivity index (χ0n) is 14.5. The number of nitro benzene ring substituents is 1. The molecule has 1 heterocycles. The summed E-state index contributed by atoms with van der Waals surface area (Å²) in [5, 5.41) is 19.7. The first-order valence-electron chi connectivity index (χ1n) is 8.02. The molecule has 3 rings (SSSR count). The van der Waals surface area contributed by atoms with E-state index in [4.69, 9.17) is 4.74 Å². The molecule has 26 heavy (non-hydrogen) atoms. The van der Waals surface area contributed by atoms with E-state index in [1.165, 1.54) is 29.5 Å². The SMILES string of the molecule is Cc1ccc(-n2cnnc2SCCOc2cccc([N+](=O)[O-])c2)c(C)c1. The first kappa shape index (κ1) is 17.9. The summed E-state index contributed by atoms with van der Waals surface area (Å²) in [5.41, 5.74) is 3.42. The van der Waals surface area contributed by atoms with E-state index >= 15 is 0 Å². The van der Waals surface area contributed by atoms with Crippen molar-refractivity contribution in [1.82, 2.24) is 14.8 Å². The van der Waals surface area contributed by atoms with Crippen LogP contribution in [-0.2, 0) is 0 Å². The van der Waals surface area contributed by atoms with Crippen molar-refractivity contribution in [2.24, 2.45) is 0 Å². The summed E-state index contributed by atoms with van der Waals surface area (Å²) >= 11 is 1.52. The van der Waals surface area contributed by atoms with Gasteiger partial charge in [0, 0.05) is 11.8 Å². The summed E-state index contributed by atoms with van der Waals surface area (Å²) < 4.78 is 7.55. The fraction of sp³-hybridized carbons (Fsp3) is 0.222. The van der Waals surface area contributed by atoms with E-state index in [9.17, 15) is 10.1 Å². The molecule has 0 amide bonds. The normalized spacial score (nSPS) is 10.7. The maximum atomic E-state index is 10.8. The Kier molecular flexibility index (Phi) is 5.52. The molecule has 0 aliphatic carbocycles. The number of hydrogen-bond acceptors (Lipinski definition) is 6. The molecule has 134 valence electrons. The van der Waals surface area contributed by atoms with Gasteiger partial charge in [0.2, 0.25) is 0 Å². The largest absolute Gasteiger partial charge is 0.492 e. The van der Waals surface area contributed by atoms with Crippen LogP contribution in [0.5, 0.6) is 5.75 Å². The average Bonchev–Trinajstić information content (AvgIpc) is 3.07. The molecule has 0 saturated carbocycles. The summed E-state index contributed by atoms with van der Waals surface area (Å²) in [5.74, 6) is 1.13. The Balaban J connectivity index is 1.60. The molecular weight excluding hydrogens is 352 g/mol. The molecule has 0 N–H and O–H groups in total. The number of ether oxygens (including phenoxy) is 1. The van der Waals surface area contributed by atoms with E-state index in [2.05, 4.69) is 42.2 Å². The van der Waals surface area contributed by atoms with Crippen molar-refractivity contribution in [3.8, 4) is 11.4 Å². The average molecular weight is 370 g/mol. The van der Waals surface area contributed by atoms with Crippen LogP contribution in [0.1, 0.15) is 11.1 Å². The van der Waals surface area contributed by atoms with Crippen molar-refractivity contribution in [2.45, 2.75) is 19.0 Å². The summed E-state index contributed by atoms with van der Waals surface area (Å²) in [6.45, 7) is 4.53. The number of aromatic nitrogens is 3. The smallest absolute Gasteiger partial charge is 0.273 e. The Bertz CT molecular complexity index is 926. The number of hydrogen-bond donors (Lipinski definition) is 0. The zero-order valence-corrected chi connectivity index (χ0v) is 15.3. The molecule has 3 aromatic rings. The number of nitrogens with zero attached hydrogens (tertiary/aromatic N) is 4. The quantitative estimate of drug-likeness (QED) is 0.271. The maximum Gasteiger partial charge on any atom is 0.273 e. The van der Waals surface area contributed by atoms with Gasteiger partial charge in [0.25, 0.3) is 5.69 Å². The van der Waals surface area contributed by atoms with E-state index in [0.29, 0.717) is 18.1 Å². The zero-order chi connectivity index (χ0) is 18.5. The van der Waals surface area contributed by atoms with Crippen molar-refractivity contribution in [2.75, 3.05) is 12.4 Å². The van der Waals surface area contributed by atoms with Crippen LogP contribution in [-0.4, -0.2) is 32.0 Å². The molecule has 0 spiro atoms. The van der Waals surface area contributed by atoms with Crippen molar-refractivity contribution >= 4 is 17.4 Å². The maximum absolute atomic E-state index is 10.8. The standard InChI is InChI=1S/C18H18N4O3S/c1-13-6-7-17(14(2)10-13)21-12-19-20-18(21)26-9-8-25-16-5-3-4-15(11-16)22(23)24/h3-7,10-12H,8-9H2,1-2H3. The molecule has 0 aliphatic rings. The summed E-state index contributed by atoms with van der Waals surface area (Å²) in [6.07, 6.45) is 1.70. The Labute approximate surface area is 155 Å². The van der Waals surface area contributed by atoms with Crippen molar-refractivity contribution in [1.29, 1.82) is 0 Å². The molecule has 0 unspecified atom stereocenters. The van der Waals surface area contributed by atoms with Gasteiger partial charge in [0.05, 0.1) is 23.3 Å². The number of thioether (sulfide) groups is 1. The summed E-state index contributed by atoms with van der Waals surface area (Å²) in [7, 11) is 0. The molecular formula is C18H18N4O3S. The molecule has 0 aliphatic heterocycles. The Morgan fingerprint density at radius 1 is 1.23 bits per heavy atom. The lowest BCUT2D eigenvalue weighted by molar-refractivity contribution is -0.384. The second-order valence-electron chi connectivity index (χ2n) is 5.72. The van der Waals surface area contributed by atoms with Gasteiger partial charge in [-0.05, 0) is 31.5 Å². The minimum atomic E-state index is -0.437. The number of nitro groups is 1. The minimum absolute atomic E-state index is 0.0183. The van der Waals surface area contributed by atoms with Crippen LogP contribution in [0.15, 0.2) is 53.9 Å². The van der Waals surface area contributed by atoms with Gasteiger partial charge < -0.3 is 4.74 Å². The second kappa shape index (κ2) is 8.01. The van der Waals surface area contributed by atoms with E-state index in [0.717, 1.165) is 16.4 Å². The number of benzene rings is 2. The van der Waals surface area contributed by atoms with Gasteiger partial charge in [-0.2, -0.15) is 0 Å². The van der Waals surface area contributed by atoms with Crippen LogP contribution in [0.2, 0.25) is 0 Å². The number of rotatable bonds is 7. The van der Waals surface area contributed by atoms with Gasteiger partial charge in [-0.15, -0.1) is 10.2 Å². The molecule has 8 heteroatoms. The highest BCUT2D eigenvalue weighted by atomic mass is 32.2. The third-order valence-electron chi connectivity index (χ3n) is 3.74. The molecule has 0 fully saturated rings. The first-order valence-corrected chi connectivity index (χ1v) is 9.01. The summed E-state index contributed by atoms with van der Waals surface area (Å²) in [6, 6.07) is 12.4. The van der Waals surface area contributed by atoms with Crippen LogP contribution in [0.25, 0.3) is 5.69 Å². The van der Waals surface area contributed by atoms with Gasteiger partial charge in [0.15, 0.2) is 5.16 Å². The van der Waals surface area contributed by atoms with Gasteiger partial charge in [-0.1, -0.05) is 35.5 Å². The Morgan fingerprint density at radius 2 is 2.08 bits per heavy atom. The fourth-order valence-corrected chi connectivity index (χ4v) is 3.28. The van der Waals surface area contributed by atoms with Gasteiger partial charge in [-0.3, -0.25) is 14.7 Å². The molecule has 2 aromatic carbocycles. The van der Waals surface area contributed by atoms with E-state index in [1.54, 1.807) is 18.5 Å². The lowest BCUT2D eigenvalue weighted by atomic mass is 10.1. The summed E-state index contributed by atoms with van der Waals surface area (Å²) in [4.78, 5) is 10.4. The molecule has 0 saturated heterocycles. The van der Waals surface area contributed by atoms with Crippen LogP contribution in [0.4, 0.5) is 5.69 Å². The highest BCUT2D eigenvalue weighted by Crippen LogP contribution is 2.23. The topological polar surface area (TPSA) is 83.1 Å². The predicted molar refractivity (Wildman–Crippen MR) is 100 cm³/mol. The van der Waals surface area contributed by atoms with Crippen LogP contribution in [0.3, 0.4) is 0 Å². The van der Waals surface area contributed by atoms with Crippen molar-refractivity contribution < 1.29 is 9.66 Å². The Hall–Kier alpha value is -2.87. The fourth-order valence-electron chi connectivity index (χ4n) is 2.54. The van der Waals surface area contributed by atoms with Gasteiger partial charge in [0.1, 0.15) is 12.1 Å². The predicted octanol–water partition coefficient (Wildman–Crippen LogP) is 3.96. The van der Waals surface area contributed by atoms with Gasteiger partial charge in [-0.25, -0.2) is 0 Å². The van der Waals surface area contributed by atoms with E-state index in [-0.39, 0.29) is 5.69 Å². The lowest BCUT2D eigenvalue weighted by Gasteiger charge is -2.10. The van der Waals surface area contributed by atoms with Crippen molar-refractivity contribution in [3.05, 3.63) is 70.0 Å². The second-order valence-corrected chi connectivity index (χ2v) is 6.79. The number of non-ortho nitro benzene ring substituents is 1. The monoisotopic (exact) mass is 370 g/mol. The molecule has 1 aromatic heterocycles. The van der Waals surface area contributed by atoms with Gasteiger partial charge >= 0.3 is 0 Å². The Morgan fingerprint density at radius 3 is 2.85 bits per heavy atom. The highest BCUT2D eigenvalue weighted by molar-refractivity contribution is 7.99. The van der Waals surface area contributed by atoms with Crippen LogP contribution >= 0.6 is 11.8 Å². The lowest BCUT2D eigenvalue weighted by Crippen LogP contribution is -2.03. The van der Waals surface area contributed by atoms with E-state index < -0.39 is 4.92 Å². The molecule has 7 nitrogen and oxygen atoms in total. The van der Waals surface area contributed by atoms with E-state index in [1.807, 2.05) is 4.57 Å². The minimum Gasteiger partial charge on any atom is -0.492 e.